The zero-order valence-corrected chi connectivity index (χ0v) is 11.1. The molecule has 0 fully saturated rings. The number of nitrogens with zero attached hydrogens (tertiary/aromatic N) is 1. The summed E-state index contributed by atoms with van der Waals surface area (Å²) in [5.74, 6) is 0.502. The molecular formula is C12H16ClNOS. The van der Waals surface area contributed by atoms with E-state index < -0.39 is 0 Å². The molecule has 2 rings (SSSR count). The number of halogens is 1. The molecule has 0 aromatic carbocycles. The minimum atomic E-state index is -0.0793. The van der Waals surface area contributed by atoms with E-state index in [-0.39, 0.29) is 17.9 Å². The van der Waals surface area contributed by atoms with Crippen molar-refractivity contribution in [2.45, 2.75) is 26.3 Å². The van der Waals surface area contributed by atoms with Gasteiger partial charge in [-0.05, 0) is 30.4 Å². The second-order valence-corrected chi connectivity index (χ2v) is 5.62. The molecule has 2 atom stereocenters. The van der Waals surface area contributed by atoms with Crippen LogP contribution in [0.5, 0.6) is 0 Å². The maximum absolute atomic E-state index is 12.1. The number of carbonyl (C=O) groups is 1. The molecule has 0 spiro atoms. The molecule has 2 heterocycles. The summed E-state index contributed by atoms with van der Waals surface area (Å²) in [6.07, 6.45) is 0.984. The first-order valence-electron chi connectivity index (χ1n) is 5.58. The first kappa shape index (κ1) is 11.9. The van der Waals surface area contributed by atoms with E-state index in [0.717, 1.165) is 13.0 Å². The van der Waals surface area contributed by atoms with E-state index in [2.05, 4.69) is 18.4 Å². The Hall–Kier alpha value is -0.540. The van der Waals surface area contributed by atoms with E-state index >= 15 is 0 Å². The number of fused-ring (bicyclic) bond motifs is 1. The summed E-state index contributed by atoms with van der Waals surface area (Å²) < 4.78 is 0. The van der Waals surface area contributed by atoms with E-state index in [1.54, 1.807) is 11.3 Å². The second-order valence-electron chi connectivity index (χ2n) is 4.31. The summed E-state index contributed by atoms with van der Waals surface area (Å²) in [4.78, 5) is 15.5. The lowest BCUT2D eigenvalue weighted by Gasteiger charge is -2.35. The van der Waals surface area contributed by atoms with Crippen molar-refractivity contribution in [1.29, 1.82) is 0 Å². The molecule has 1 aliphatic rings. The largest absolute Gasteiger partial charge is 0.335 e. The molecule has 1 aliphatic heterocycles. The average molecular weight is 258 g/mol. The lowest BCUT2D eigenvalue weighted by Crippen LogP contribution is -2.41. The monoisotopic (exact) mass is 257 g/mol. The van der Waals surface area contributed by atoms with Gasteiger partial charge < -0.3 is 4.90 Å². The SMILES string of the molecule is CC(CCl)C(=O)N1CCc2sccc2C1C. The number of hydrogen-bond donors (Lipinski definition) is 0. The summed E-state index contributed by atoms with van der Waals surface area (Å²) in [5, 5.41) is 2.11. The van der Waals surface area contributed by atoms with Crippen molar-refractivity contribution in [2.75, 3.05) is 12.4 Å². The minimum Gasteiger partial charge on any atom is -0.335 e. The van der Waals surface area contributed by atoms with Crippen molar-refractivity contribution in [3.63, 3.8) is 0 Å². The smallest absolute Gasteiger partial charge is 0.227 e. The Morgan fingerprint density at radius 3 is 3.19 bits per heavy atom. The Bertz CT molecular complexity index is 390. The van der Waals surface area contributed by atoms with Crippen molar-refractivity contribution >= 4 is 28.8 Å². The van der Waals surface area contributed by atoms with Gasteiger partial charge in [-0.15, -0.1) is 22.9 Å². The predicted octanol–water partition coefficient (Wildman–Crippen LogP) is 3.07. The number of amides is 1. The van der Waals surface area contributed by atoms with Gasteiger partial charge in [0.15, 0.2) is 0 Å². The van der Waals surface area contributed by atoms with Gasteiger partial charge in [0.2, 0.25) is 5.91 Å². The molecule has 1 aromatic rings. The standard InChI is InChI=1S/C12H16ClNOS/c1-8(7-13)12(15)14-5-3-11-10(9(14)2)4-6-16-11/h4,6,8-9H,3,5,7H2,1-2H3. The molecule has 0 saturated heterocycles. The Morgan fingerprint density at radius 2 is 2.50 bits per heavy atom. The molecule has 0 N–H and O–H groups in total. The molecule has 1 aromatic heterocycles. The van der Waals surface area contributed by atoms with Crippen molar-refractivity contribution in [3.8, 4) is 0 Å². The summed E-state index contributed by atoms with van der Waals surface area (Å²) in [7, 11) is 0. The van der Waals surface area contributed by atoms with E-state index in [0.29, 0.717) is 5.88 Å². The average Bonchev–Trinajstić information content (AvgIpc) is 2.76. The van der Waals surface area contributed by atoms with Crippen LogP contribution in [0.25, 0.3) is 0 Å². The Balaban J connectivity index is 2.18. The Labute approximate surface area is 105 Å². The van der Waals surface area contributed by atoms with Crippen LogP contribution in [0.15, 0.2) is 11.4 Å². The van der Waals surface area contributed by atoms with Crippen LogP contribution < -0.4 is 0 Å². The Kier molecular flexibility index (Phi) is 3.55. The van der Waals surface area contributed by atoms with Gasteiger partial charge in [0.25, 0.3) is 0 Å². The molecular weight excluding hydrogens is 242 g/mol. The highest BCUT2D eigenvalue weighted by atomic mass is 35.5. The maximum atomic E-state index is 12.1. The summed E-state index contributed by atoms with van der Waals surface area (Å²) >= 11 is 7.54. The minimum absolute atomic E-state index is 0.0793. The summed E-state index contributed by atoms with van der Waals surface area (Å²) in [6.45, 7) is 4.82. The molecule has 2 nitrogen and oxygen atoms in total. The van der Waals surface area contributed by atoms with Gasteiger partial charge in [-0.25, -0.2) is 0 Å². The third-order valence-corrected chi connectivity index (χ3v) is 4.67. The molecule has 16 heavy (non-hydrogen) atoms. The number of carbonyl (C=O) groups excluding carboxylic acids is 1. The third kappa shape index (κ3) is 1.98. The second kappa shape index (κ2) is 4.76. The molecule has 0 aliphatic carbocycles. The van der Waals surface area contributed by atoms with Crippen LogP contribution in [0.1, 0.15) is 30.3 Å². The summed E-state index contributed by atoms with van der Waals surface area (Å²) in [6, 6.07) is 2.34. The van der Waals surface area contributed by atoms with Gasteiger partial charge in [-0.1, -0.05) is 6.92 Å². The van der Waals surface area contributed by atoms with Crippen molar-refractivity contribution < 1.29 is 4.79 Å². The van der Waals surface area contributed by atoms with Crippen LogP contribution in [-0.2, 0) is 11.2 Å². The van der Waals surface area contributed by atoms with Gasteiger partial charge in [0, 0.05) is 23.2 Å². The molecule has 4 heteroatoms. The number of thiophene rings is 1. The van der Waals surface area contributed by atoms with Crippen LogP contribution in [0.3, 0.4) is 0 Å². The zero-order chi connectivity index (χ0) is 11.7. The van der Waals surface area contributed by atoms with E-state index in [4.69, 9.17) is 11.6 Å². The fourth-order valence-electron chi connectivity index (χ4n) is 2.16. The van der Waals surface area contributed by atoms with Gasteiger partial charge in [0.05, 0.1) is 6.04 Å². The first-order valence-corrected chi connectivity index (χ1v) is 6.99. The van der Waals surface area contributed by atoms with Crippen molar-refractivity contribution in [3.05, 3.63) is 21.9 Å². The van der Waals surface area contributed by atoms with E-state index in [1.165, 1.54) is 10.4 Å². The molecule has 88 valence electrons. The maximum Gasteiger partial charge on any atom is 0.227 e. The lowest BCUT2D eigenvalue weighted by molar-refractivity contribution is -0.136. The van der Waals surface area contributed by atoms with Crippen molar-refractivity contribution in [2.24, 2.45) is 5.92 Å². The molecule has 0 radical (unpaired) electrons. The molecule has 0 saturated carbocycles. The topological polar surface area (TPSA) is 20.3 Å². The van der Waals surface area contributed by atoms with E-state index in [1.807, 2.05) is 11.8 Å². The number of hydrogen-bond acceptors (Lipinski definition) is 2. The summed E-state index contributed by atoms with van der Waals surface area (Å²) in [5.41, 5.74) is 1.31. The van der Waals surface area contributed by atoms with Gasteiger partial charge in [-0.3, -0.25) is 4.79 Å². The predicted molar refractivity (Wildman–Crippen MR) is 68.0 cm³/mol. The molecule has 1 amide bonds. The lowest BCUT2D eigenvalue weighted by atomic mass is 10.00. The fraction of sp³-hybridized carbons (Fsp3) is 0.583. The van der Waals surface area contributed by atoms with Crippen LogP contribution in [-0.4, -0.2) is 23.2 Å². The highest BCUT2D eigenvalue weighted by Gasteiger charge is 2.30. The molecule has 0 bridgehead atoms. The zero-order valence-electron chi connectivity index (χ0n) is 9.57. The van der Waals surface area contributed by atoms with Gasteiger partial charge in [-0.2, -0.15) is 0 Å². The quantitative estimate of drug-likeness (QED) is 0.746. The number of alkyl halides is 1. The van der Waals surface area contributed by atoms with Crippen LogP contribution >= 0.6 is 22.9 Å². The Morgan fingerprint density at radius 1 is 1.75 bits per heavy atom. The van der Waals surface area contributed by atoms with Crippen LogP contribution in [0.2, 0.25) is 0 Å². The number of rotatable bonds is 2. The molecule has 2 unspecified atom stereocenters. The van der Waals surface area contributed by atoms with Crippen LogP contribution in [0, 0.1) is 5.92 Å². The van der Waals surface area contributed by atoms with Crippen LogP contribution in [0.4, 0.5) is 0 Å². The highest BCUT2D eigenvalue weighted by molar-refractivity contribution is 7.10. The van der Waals surface area contributed by atoms with Gasteiger partial charge in [0.1, 0.15) is 0 Å². The fourth-order valence-corrected chi connectivity index (χ4v) is 3.25. The van der Waals surface area contributed by atoms with Crippen molar-refractivity contribution in [1.82, 2.24) is 4.90 Å². The first-order chi connectivity index (χ1) is 7.65. The van der Waals surface area contributed by atoms with Gasteiger partial charge >= 0.3 is 0 Å². The third-order valence-electron chi connectivity index (χ3n) is 3.21. The van der Waals surface area contributed by atoms with E-state index in [9.17, 15) is 4.79 Å². The normalized spacial score (nSPS) is 21.7. The highest BCUT2D eigenvalue weighted by Crippen LogP contribution is 2.33.